The lowest BCUT2D eigenvalue weighted by Gasteiger charge is -2.36. The van der Waals surface area contributed by atoms with Crippen LogP contribution in [0.1, 0.15) is 18.1 Å². The summed E-state index contributed by atoms with van der Waals surface area (Å²) in [6.07, 6.45) is 0. The van der Waals surface area contributed by atoms with E-state index in [2.05, 4.69) is 17.0 Å². The summed E-state index contributed by atoms with van der Waals surface area (Å²) in [6.45, 7) is 5.72. The van der Waals surface area contributed by atoms with Gasteiger partial charge in [0.15, 0.2) is 0 Å². The molecule has 0 atom stereocenters. The van der Waals surface area contributed by atoms with Gasteiger partial charge in [0, 0.05) is 51.4 Å². The van der Waals surface area contributed by atoms with Crippen LogP contribution in [0.2, 0.25) is 0 Å². The molecule has 0 unspecified atom stereocenters. The van der Waals surface area contributed by atoms with Gasteiger partial charge in [-0.25, -0.2) is 0 Å². The highest BCUT2D eigenvalue weighted by atomic mass is 16.6. The summed E-state index contributed by atoms with van der Waals surface area (Å²) < 4.78 is 0. The number of nitro benzene ring substituents is 1. The van der Waals surface area contributed by atoms with Crippen molar-refractivity contribution in [1.29, 1.82) is 0 Å². The molecule has 2 heterocycles. The molecule has 0 saturated carbocycles. The molecule has 1 saturated heterocycles. The number of carbonyl (C=O) groups excluding carboxylic acids is 2. The molecule has 0 N–H and O–H groups in total. The molecule has 4 rings (SSSR count). The SMILES string of the molecule is CCN1C(=O)C(c2ccc([N+](=O)[O-])cc2)=C(N2CCN(Cc3ccccc3)CC2)C1=O. The number of hydrogen-bond donors (Lipinski definition) is 0. The number of benzene rings is 2. The number of hydrogen-bond acceptors (Lipinski definition) is 6. The van der Waals surface area contributed by atoms with Gasteiger partial charge in [0.2, 0.25) is 0 Å². The molecule has 160 valence electrons. The van der Waals surface area contributed by atoms with Crippen molar-refractivity contribution >= 4 is 23.1 Å². The summed E-state index contributed by atoms with van der Waals surface area (Å²) in [7, 11) is 0. The Morgan fingerprint density at radius 3 is 2.13 bits per heavy atom. The zero-order valence-electron chi connectivity index (χ0n) is 17.4. The van der Waals surface area contributed by atoms with Gasteiger partial charge < -0.3 is 4.90 Å². The second kappa shape index (κ2) is 8.69. The van der Waals surface area contributed by atoms with Gasteiger partial charge in [-0.05, 0) is 30.2 Å². The highest BCUT2D eigenvalue weighted by Gasteiger charge is 2.41. The Balaban J connectivity index is 1.58. The number of carbonyl (C=O) groups is 2. The molecule has 0 radical (unpaired) electrons. The third-order valence-electron chi connectivity index (χ3n) is 5.76. The summed E-state index contributed by atoms with van der Waals surface area (Å²) >= 11 is 0. The zero-order valence-corrected chi connectivity index (χ0v) is 17.4. The molecule has 0 spiro atoms. The lowest BCUT2D eigenvalue weighted by molar-refractivity contribution is -0.384. The minimum absolute atomic E-state index is 0.0513. The van der Waals surface area contributed by atoms with Crippen LogP contribution in [0.15, 0.2) is 60.3 Å². The molecule has 31 heavy (non-hydrogen) atoms. The van der Waals surface area contributed by atoms with Crippen LogP contribution in [-0.4, -0.2) is 64.2 Å². The summed E-state index contributed by atoms with van der Waals surface area (Å²) in [4.78, 5) is 42.1. The number of amides is 2. The van der Waals surface area contributed by atoms with Gasteiger partial charge in [0.05, 0.1) is 10.5 Å². The molecule has 0 aliphatic carbocycles. The molecular formula is C23H24N4O4. The van der Waals surface area contributed by atoms with Crippen molar-refractivity contribution in [2.75, 3.05) is 32.7 Å². The molecule has 2 aromatic carbocycles. The Morgan fingerprint density at radius 1 is 0.903 bits per heavy atom. The van der Waals surface area contributed by atoms with Crippen LogP contribution >= 0.6 is 0 Å². The summed E-state index contributed by atoms with van der Waals surface area (Å²) in [5.41, 5.74) is 2.45. The maximum Gasteiger partial charge on any atom is 0.277 e. The minimum atomic E-state index is -0.481. The van der Waals surface area contributed by atoms with E-state index >= 15 is 0 Å². The predicted octanol–water partition coefficient (Wildman–Crippen LogP) is 2.51. The lowest BCUT2D eigenvalue weighted by Crippen LogP contribution is -2.47. The summed E-state index contributed by atoms with van der Waals surface area (Å²) in [5, 5.41) is 11.0. The van der Waals surface area contributed by atoms with Gasteiger partial charge in [-0.15, -0.1) is 0 Å². The third-order valence-corrected chi connectivity index (χ3v) is 5.76. The van der Waals surface area contributed by atoms with Crippen molar-refractivity contribution in [1.82, 2.24) is 14.7 Å². The number of imide groups is 1. The number of piperazine rings is 1. The predicted molar refractivity (Wildman–Crippen MR) is 116 cm³/mol. The Labute approximate surface area is 180 Å². The highest BCUT2D eigenvalue weighted by Crippen LogP contribution is 2.33. The average molecular weight is 420 g/mol. The van der Waals surface area contributed by atoms with E-state index in [0.29, 0.717) is 29.9 Å². The fourth-order valence-corrected chi connectivity index (χ4v) is 4.13. The molecule has 0 bridgehead atoms. The summed E-state index contributed by atoms with van der Waals surface area (Å²) in [5.74, 6) is -0.638. The van der Waals surface area contributed by atoms with Gasteiger partial charge in [0.1, 0.15) is 5.70 Å². The van der Waals surface area contributed by atoms with E-state index < -0.39 is 4.92 Å². The van der Waals surface area contributed by atoms with Crippen molar-refractivity contribution in [3.05, 3.63) is 81.5 Å². The van der Waals surface area contributed by atoms with E-state index in [-0.39, 0.29) is 24.0 Å². The lowest BCUT2D eigenvalue weighted by atomic mass is 10.0. The largest absolute Gasteiger partial charge is 0.364 e. The van der Waals surface area contributed by atoms with Crippen molar-refractivity contribution in [2.24, 2.45) is 0 Å². The standard InChI is InChI=1S/C23H24N4O4/c1-2-26-22(28)20(18-8-10-19(11-9-18)27(30)31)21(23(26)29)25-14-12-24(13-15-25)16-17-6-4-3-5-7-17/h3-11H,2,12-16H2,1H3. The maximum absolute atomic E-state index is 13.1. The first-order valence-electron chi connectivity index (χ1n) is 10.4. The number of nitrogens with zero attached hydrogens (tertiary/aromatic N) is 4. The third kappa shape index (κ3) is 4.06. The van der Waals surface area contributed by atoms with Crippen LogP contribution < -0.4 is 0 Å². The van der Waals surface area contributed by atoms with Gasteiger partial charge in [-0.3, -0.25) is 29.5 Å². The van der Waals surface area contributed by atoms with Crippen molar-refractivity contribution in [3.8, 4) is 0 Å². The van der Waals surface area contributed by atoms with Crippen LogP contribution in [-0.2, 0) is 16.1 Å². The first kappa shape index (κ1) is 20.7. The average Bonchev–Trinajstić information content (AvgIpc) is 3.04. The molecule has 1 fully saturated rings. The van der Waals surface area contributed by atoms with E-state index in [9.17, 15) is 19.7 Å². The van der Waals surface area contributed by atoms with Gasteiger partial charge in [-0.2, -0.15) is 0 Å². The van der Waals surface area contributed by atoms with Crippen LogP contribution in [0, 0.1) is 10.1 Å². The van der Waals surface area contributed by atoms with Crippen molar-refractivity contribution in [3.63, 3.8) is 0 Å². The molecule has 8 nitrogen and oxygen atoms in total. The number of non-ortho nitro benzene ring substituents is 1. The second-order valence-electron chi connectivity index (χ2n) is 7.63. The topological polar surface area (TPSA) is 87.0 Å². The molecule has 2 aromatic rings. The number of nitro groups is 1. The van der Waals surface area contributed by atoms with Gasteiger partial charge >= 0.3 is 0 Å². The van der Waals surface area contributed by atoms with E-state index in [4.69, 9.17) is 0 Å². The normalized spacial score (nSPS) is 17.6. The number of likely N-dealkylation sites (N-methyl/N-ethyl adjacent to an activating group) is 1. The quantitative estimate of drug-likeness (QED) is 0.405. The fraction of sp³-hybridized carbons (Fsp3) is 0.304. The van der Waals surface area contributed by atoms with Gasteiger partial charge in [0.25, 0.3) is 17.5 Å². The highest BCUT2D eigenvalue weighted by molar-refractivity contribution is 6.35. The van der Waals surface area contributed by atoms with Crippen molar-refractivity contribution < 1.29 is 14.5 Å². The first-order valence-corrected chi connectivity index (χ1v) is 10.4. The molecule has 2 amide bonds. The van der Waals surface area contributed by atoms with Crippen LogP contribution in [0.25, 0.3) is 5.57 Å². The molecule has 2 aliphatic rings. The first-order chi connectivity index (χ1) is 15.0. The number of rotatable bonds is 6. The molecule has 8 heteroatoms. The smallest absolute Gasteiger partial charge is 0.277 e. The van der Waals surface area contributed by atoms with E-state index in [1.165, 1.54) is 22.6 Å². The Hall–Kier alpha value is -3.52. The van der Waals surface area contributed by atoms with Crippen LogP contribution in [0.3, 0.4) is 0 Å². The Morgan fingerprint density at radius 2 is 1.55 bits per heavy atom. The Kier molecular flexibility index (Phi) is 5.81. The zero-order chi connectivity index (χ0) is 22.0. The van der Waals surface area contributed by atoms with Crippen LogP contribution in [0.5, 0.6) is 0 Å². The molecular weight excluding hydrogens is 396 g/mol. The second-order valence-corrected chi connectivity index (χ2v) is 7.63. The summed E-state index contributed by atoms with van der Waals surface area (Å²) in [6, 6.07) is 16.1. The van der Waals surface area contributed by atoms with E-state index in [1.54, 1.807) is 19.1 Å². The monoisotopic (exact) mass is 420 g/mol. The van der Waals surface area contributed by atoms with Crippen LogP contribution in [0.4, 0.5) is 5.69 Å². The molecule has 0 aromatic heterocycles. The molecule has 2 aliphatic heterocycles. The minimum Gasteiger partial charge on any atom is -0.364 e. The fourth-order valence-electron chi connectivity index (χ4n) is 4.13. The maximum atomic E-state index is 13.1. The Bertz CT molecular complexity index is 1030. The van der Waals surface area contributed by atoms with E-state index in [1.807, 2.05) is 23.1 Å². The van der Waals surface area contributed by atoms with E-state index in [0.717, 1.165) is 19.6 Å². The van der Waals surface area contributed by atoms with Crippen molar-refractivity contribution in [2.45, 2.75) is 13.5 Å². The van der Waals surface area contributed by atoms with Gasteiger partial charge in [-0.1, -0.05) is 30.3 Å².